The molecule has 8 heteroatoms. The van der Waals surface area contributed by atoms with Gasteiger partial charge in [-0.3, -0.25) is 0 Å². The van der Waals surface area contributed by atoms with E-state index in [1.807, 2.05) is 6.26 Å². The summed E-state index contributed by atoms with van der Waals surface area (Å²) in [6.45, 7) is 0.790. The smallest absolute Gasteiger partial charge is 0.249 e. The molecular weight excluding hydrogens is 254 g/mol. The second-order valence-corrected chi connectivity index (χ2v) is 6.61. The number of primary sulfonamides is 1. The number of aromatic nitrogens is 1. The van der Waals surface area contributed by atoms with Crippen LogP contribution in [0.5, 0.6) is 0 Å². The lowest BCUT2D eigenvalue weighted by atomic mass is 10.5. The standard InChI is InChI=1S/C7H13N3O2S3/c1-13-4-2-3-9-7-10-5-6(14-7)15(8,11)12/h5H,2-4H2,1H3,(H,9,10)(H2,8,11,12). The van der Waals surface area contributed by atoms with E-state index >= 15 is 0 Å². The van der Waals surface area contributed by atoms with E-state index in [9.17, 15) is 8.42 Å². The first-order chi connectivity index (χ1) is 7.04. The van der Waals surface area contributed by atoms with Crippen molar-refractivity contribution in [3.8, 4) is 0 Å². The summed E-state index contributed by atoms with van der Waals surface area (Å²) in [6, 6.07) is 0. The molecule has 0 aliphatic heterocycles. The molecule has 0 spiro atoms. The van der Waals surface area contributed by atoms with Crippen LogP contribution in [0.15, 0.2) is 10.4 Å². The number of anilines is 1. The summed E-state index contributed by atoms with van der Waals surface area (Å²) in [5.74, 6) is 1.07. The number of thioether (sulfide) groups is 1. The molecule has 1 rings (SSSR count). The van der Waals surface area contributed by atoms with E-state index in [2.05, 4.69) is 10.3 Å². The van der Waals surface area contributed by atoms with Gasteiger partial charge in [-0.1, -0.05) is 11.3 Å². The fourth-order valence-electron chi connectivity index (χ4n) is 0.884. The predicted molar refractivity (Wildman–Crippen MR) is 65.0 cm³/mol. The molecule has 0 radical (unpaired) electrons. The Balaban J connectivity index is 2.47. The van der Waals surface area contributed by atoms with Crippen molar-refractivity contribution < 1.29 is 8.42 Å². The van der Waals surface area contributed by atoms with Crippen LogP contribution in [0, 0.1) is 0 Å². The molecule has 0 saturated heterocycles. The van der Waals surface area contributed by atoms with Gasteiger partial charge in [-0.2, -0.15) is 11.8 Å². The summed E-state index contributed by atoms with van der Waals surface area (Å²) in [7, 11) is -3.61. The molecule has 3 N–H and O–H groups in total. The number of nitrogens with one attached hydrogen (secondary N) is 1. The van der Waals surface area contributed by atoms with Crippen molar-refractivity contribution in [1.29, 1.82) is 0 Å². The first-order valence-corrected chi connectivity index (χ1v) is 8.01. The summed E-state index contributed by atoms with van der Waals surface area (Å²) in [5, 5.41) is 8.60. The fraction of sp³-hybridized carbons (Fsp3) is 0.571. The molecule has 15 heavy (non-hydrogen) atoms. The summed E-state index contributed by atoms with van der Waals surface area (Å²) < 4.78 is 22.0. The van der Waals surface area contributed by atoms with Gasteiger partial charge in [-0.25, -0.2) is 18.5 Å². The second-order valence-electron chi connectivity index (χ2n) is 2.80. The molecule has 0 bridgehead atoms. The zero-order chi connectivity index (χ0) is 11.3. The third-order valence-electron chi connectivity index (χ3n) is 1.57. The Bertz CT molecular complexity index is 401. The monoisotopic (exact) mass is 267 g/mol. The minimum Gasteiger partial charge on any atom is -0.361 e. The van der Waals surface area contributed by atoms with E-state index in [-0.39, 0.29) is 4.21 Å². The van der Waals surface area contributed by atoms with E-state index in [1.54, 1.807) is 11.8 Å². The summed E-state index contributed by atoms with van der Waals surface area (Å²) in [4.78, 5) is 3.92. The maximum absolute atomic E-state index is 10.9. The topological polar surface area (TPSA) is 85.1 Å². The summed E-state index contributed by atoms with van der Waals surface area (Å²) >= 11 is 2.83. The number of hydrogen-bond acceptors (Lipinski definition) is 6. The second kappa shape index (κ2) is 5.69. The number of sulfonamides is 1. The number of thiazole rings is 1. The summed E-state index contributed by atoms with van der Waals surface area (Å²) in [6.07, 6.45) is 4.34. The third kappa shape index (κ3) is 4.37. The number of hydrogen-bond donors (Lipinski definition) is 2. The van der Waals surface area contributed by atoms with Crippen LogP contribution in [0.3, 0.4) is 0 Å². The highest BCUT2D eigenvalue weighted by molar-refractivity contribution is 7.98. The zero-order valence-corrected chi connectivity index (χ0v) is 10.7. The van der Waals surface area contributed by atoms with Gasteiger partial charge in [0.15, 0.2) is 9.34 Å². The Hall–Kier alpha value is -0.310. The van der Waals surface area contributed by atoms with Gasteiger partial charge in [0.25, 0.3) is 0 Å². The lowest BCUT2D eigenvalue weighted by molar-refractivity contribution is 0.599. The van der Waals surface area contributed by atoms with E-state index < -0.39 is 10.0 Å². The van der Waals surface area contributed by atoms with Crippen LogP contribution in [0.1, 0.15) is 6.42 Å². The lowest BCUT2D eigenvalue weighted by Gasteiger charge is -1.99. The van der Waals surface area contributed by atoms with Gasteiger partial charge in [0, 0.05) is 6.54 Å². The largest absolute Gasteiger partial charge is 0.361 e. The minimum atomic E-state index is -3.61. The maximum atomic E-state index is 10.9. The Morgan fingerprint density at radius 1 is 1.67 bits per heavy atom. The Kier molecular flexibility index (Phi) is 4.84. The van der Waals surface area contributed by atoms with Crippen molar-refractivity contribution >= 4 is 38.3 Å². The molecule has 0 aliphatic rings. The molecule has 1 aromatic rings. The van der Waals surface area contributed by atoms with Gasteiger partial charge in [0.1, 0.15) is 0 Å². The molecule has 0 atom stereocenters. The average Bonchev–Trinajstić information content (AvgIpc) is 2.60. The molecule has 0 unspecified atom stereocenters. The molecule has 0 fully saturated rings. The van der Waals surface area contributed by atoms with Crippen LogP contribution in [-0.2, 0) is 10.0 Å². The van der Waals surface area contributed by atoms with Crippen LogP contribution in [-0.4, -0.2) is 32.0 Å². The number of nitrogens with two attached hydrogens (primary N) is 1. The van der Waals surface area contributed by atoms with Crippen LogP contribution >= 0.6 is 23.1 Å². The number of rotatable bonds is 6. The van der Waals surface area contributed by atoms with Crippen molar-refractivity contribution in [3.05, 3.63) is 6.20 Å². The molecule has 1 heterocycles. The zero-order valence-electron chi connectivity index (χ0n) is 8.26. The molecule has 0 saturated carbocycles. The summed E-state index contributed by atoms with van der Waals surface area (Å²) in [5.41, 5.74) is 0. The van der Waals surface area contributed by atoms with Crippen molar-refractivity contribution in [2.75, 3.05) is 23.9 Å². The lowest BCUT2D eigenvalue weighted by Crippen LogP contribution is -2.09. The fourth-order valence-corrected chi connectivity index (χ4v) is 2.79. The maximum Gasteiger partial charge on any atom is 0.249 e. The first-order valence-electron chi connectivity index (χ1n) is 4.25. The van der Waals surface area contributed by atoms with E-state index in [4.69, 9.17) is 5.14 Å². The normalized spacial score (nSPS) is 11.6. The Morgan fingerprint density at radius 3 is 2.93 bits per heavy atom. The molecule has 0 aromatic carbocycles. The predicted octanol–water partition coefficient (Wildman–Crippen LogP) is 0.956. The number of nitrogens with zero attached hydrogens (tertiary/aromatic N) is 1. The molecule has 0 aliphatic carbocycles. The van der Waals surface area contributed by atoms with Gasteiger partial charge < -0.3 is 5.32 Å². The molecule has 5 nitrogen and oxygen atoms in total. The molecule has 86 valence electrons. The van der Waals surface area contributed by atoms with Crippen LogP contribution in [0.25, 0.3) is 0 Å². The van der Waals surface area contributed by atoms with Crippen LogP contribution < -0.4 is 10.5 Å². The van der Waals surface area contributed by atoms with Gasteiger partial charge in [-0.05, 0) is 18.4 Å². The Morgan fingerprint density at radius 2 is 2.40 bits per heavy atom. The van der Waals surface area contributed by atoms with Crippen molar-refractivity contribution in [1.82, 2.24) is 4.98 Å². The van der Waals surface area contributed by atoms with Gasteiger partial charge in [0.05, 0.1) is 6.20 Å². The van der Waals surface area contributed by atoms with Crippen molar-refractivity contribution in [3.63, 3.8) is 0 Å². The highest BCUT2D eigenvalue weighted by atomic mass is 32.2. The third-order valence-corrected chi connectivity index (χ3v) is 4.63. The Labute approximate surface area is 97.5 Å². The minimum absolute atomic E-state index is 0.0925. The van der Waals surface area contributed by atoms with Gasteiger partial charge in [-0.15, -0.1) is 0 Å². The molecular formula is C7H13N3O2S3. The highest BCUT2D eigenvalue weighted by Gasteiger charge is 2.11. The quantitative estimate of drug-likeness (QED) is 0.750. The van der Waals surface area contributed by atoms with E-state index in [0.717, 1.165) is 30.1 Å². The SMILES string of the molecule is CSCCCNc1ncc(S(N)(=O)=O)s1. The first kappa shape index (κ1) is 12.8. The highest BCUT2D eigenvalue weighted by Crippen LogP contribution is 2.21. The van der Waals surface area contributed by atoms with Crippen LogP contribution in [0.2, 0.25) is 0 Å². The van der Waals surface area contributed by atoms with Crippen molar-refractivity contribution in [2.45, 2.75) is 10.6 Å². The van der Waals surface area contributed by atoms with E-state index in [0.29, 0.717) is 5.13 Å². The van der Waals surface area contributed by atoms with Gasteiger partial charge in [0.2, 0.25) is 10.0 Å². The van der Waals surface area contributed by atoms with Crippen molar-refractivity contribution in [2.24, 2.45) is 5.14 Å². The van der Waals surface area contributed by atoms with Crippen LogP contribution in [0.4, 0.5) is 5.13 Å². The average molecular weight is 267 g/mol. The molecule has 1 aromatic heterocycles. The molecule has 0 amide bonds. The van der Waals surface area contributed by atoms with Gasteiger partial charge >= 0.3 is 0 Å². The van der Waals surface area contributed by atoms with E-state index in [1.165, 1.54) is 6.20 Å².